The van der Waals surface area contributed by atoms with Gasteiger partial charge in [-0.2, -0.15) is 0 Å². The Morgan fingerprint density at radius 1 is 1.00 bits per heavy atom. The number of anilines is 3. The number of benzene rings is 1. The summed E-state index contributed by atoms with van der Waals surface area (Å²) < 4.78 is 1.82. The number of nitrogen functional groups attached to an aromatic ring is 1. The van der Waals surface area contributed by atoms with Crippen LogP contribution in [0.25, 0.3) is 5.65 Å². The summed E-state index contributed by atoms with van der Waals surface area (Å²) in [4.78, 5) is 5.01. The Labute approximate surface area is 152 Å². The monoisotopic (exact) mass is 348 g/mol. The number of nitrogens with one attached hydrogen (secondary N) is 1. The maximum atomic E-state index is 6.47. The molecular weight excluding hydrogens is 324 g/mol. The van der Waals surface area contributed by atoms with E-state index in [2.05, 4.69) is 16.6 Å². The van der Waals surface area contributed by atoms with E-state index in [4.69, 9.17) is 16.5 Å². The van der Waals surface area contributed by atoms with E-state index in [0.717, 1.165) is 61.2 Å². The van der Waals surface area contributed by atoms with Gasteiger partial charge in [-0.3, -0.25) is 0 Å². The molecule has 3 saturated carbocycles. The summed E-state index contributed by atoms with van der Waals surface area (Å²) in [5.74, 6) is 0.477. The predicted octanol–water partition coefficient (Wildman–Crippen LogP) is 3.36. The van der Waals surface area contributed by atoms with Crippen LogP contribution in [0.5, 0.6) is 0 Å². The molecule has 6 rings (SSSR count). The van der Waals surface area contributed by atoms with E-state index in [1.165, 1.54) is 0 Å². The van der Waals surface area contributed by atoms with Gasteiger partial charge in [0.25, 0.3) is 0 Å². The molecule has 3 aliphatic rings. The second-order valence-electron chi connectivity index (χ2n) is 8.01. The first-order valence-corrected chi connectivity index (χ1v) is 9.33. The van der Waals surface area contributed by atoms with Crippen molar-refractivity contribution >= 4 is 22.8 Å². The van der Waals surface area contributed by atoms with Crippen LogP contribution in [0.1, 0.15) is 44.2 Å². The lowest BCUT2D eigenvalue weighted by atomic mass is 9.56. The molecule has 5 N–H and O–H groups in total. The van der Waals surface area contributed by atoms with Gasteiger partial charge in [-0.15, -0.1) is 5.10 Å². The number of para-hydroxylation sites is 1. The molecule has 1 aromatic carbocycles. The summed E-state index contributed by atoms with van der Waals surface area (Å²) >= 11 is 0. The molecule has 0 saturated heterocycles. The van der Waals surface area contributed by atoms with Crippen molar-refractivity contribution < 1.29 is 0 Å². The second kappa shape index (κ2) is 5.45. The topological polar surface area (TPSA) is 94.3 Å². The van der Waals surface area contributed by atoms with Crippen molar-refractivity contribution in [2.45, 2.75) is 49.5 Å². The fraction of sp³-hybridized carbons (Fsp3) is 0.400. The first kappa shape index (κ1) is 15.6. The lowest BCUT2D eigenvalue weighted by Crippen LogP contribution is -2.53. The third-order valence-corrected chi connectivity index (χ3v) is 6.34. The normalized spacial score (nSPS) is 27.7. The van der Waals surface area contributed by atoms with Crippen LogP contribution in [0.2, 0.25) is 0 Å². The molecule has 6 nitrogen and oxygen atoms in total. The summed E-state index contributed by atoms with van der Waals surface area (Å²) in [7, 11) is 0. The van der Waals surface area contributed by atoms with Crippen molar-refractivity contribution in [3.05, 3.63) is 48.3 Å². The van der Waals surface area contributed by atoms with E-state index in [0.29, 0.717) is 5.82 Å². The number of rotatable bonds is 3. The van der Waals surface area contributed by atoms with Crippen molar-refractivity contribution in [1.29, 1.82) is 0 Å². The third-order valence-electron chi connectivity index (χ3n) is 6.34. The molecule has 0 aliphatic heterocycles. The lowest BCUT2D eigenvalue weighted by molar-refractivity contribution is 0.104. The molecule has 2 aromatic heterocycles. The molecule has 0 unspecified atom stereocenters. The highest BCUT2D eigenvalue weighted by atomic mass is 15.3. The molecule has 0 spiro atoms. The highest BCUT2D eigenvalue weighted by Crippen LogP contribution is 2.52. The standard InChI is InChI=1S/C20H24N6/c21-17-12-15(23-14-4-2-1-3-5-14)18-24-16(13-26(18)25-17)19-6-9-20(22,10-7-19)11-8-19/h1-5,12-13,23H,6-11,22H2,(H2,21,25). The Hall–Kier alpha value is -2.60. The largest absolute Gasteiger partial charge is 0.382 e. The maximum Gasteiger partial charge on any atom is 0.177 e. The average molecular weight is 348 g/mol. The SMILES string of the molecule is Nc1cc(Nc2ccccc2)c2nc(C34CCC(N)(CC3)CC4)cn2n1. The van der Waals surface area contributed by atoms with E-state index in [1.54, 1.807) is 0 Å². The minimum Gasteiger partial charge on any atom is -0.382 e. The van der Waals surface area contributed by atoms with Crippen molar-refractivity contribution in [2.24, 2.45) is 5.73 Å². The Morgan fingerprint density at radius 3 is 2.38 bits per heavy atom. The van der Waals surface area contributed by atoms with Crippen LogP contribution in [0, 0.1) is 0 Å². The molecule has 3 fully saturated rings. The molecule has 2 bridgehead atoms. The maximum absolute atomic E-state index is 6.47. The van der Waals surface area contributed by atoms with Crippen molar-refractivity contribution in [3.63, 3.8) is 0 Å². The number of fused-ring (bicyclic) bond motifs is 4. The fourth-order valence-corrected chi connectivity index (χ4v) is 4.62. The summed E-state index contributed by atoms with van der Waals surface area (Å²) in [6.07, 6.45) is 8.68. The van der Waals surface area contributed by atoms with Gasteiger partial charge in [-0.1, -0.05) is 18.2 Å². The Balaban J connectivity index is 1.56. The Morgan fingerprint density at radius 2 is 1.69 bits per heavy atom. The molecule has 3 aliphatic carbocycles. The summed E-state index contributed by atoms with van der Waals surface area (Å²) in [6, 6.07) is 11.9. The van der Waals surface area contributed by atoms with Gasteiger partial charge in [-0.25, -0.2) is 9.50 Å². The third kappa shape index (κ3) is 2.44. The van der Waals surface area contributed by atoms with E-state index in [9.17, 15) is 0 Å². The van der Waals surface area contributed by atoms with E-state index >= 15 is 0 Å². The zero-order valence-corrected chi connectivity index (χ0v) is 14.8. The van der Waals surface area contributed by atoms with Gasteiger partial charge in [0.2, 0.25) is 0 Å². The average Bonchev–Trinajstić information content (AvgIpc) is 3.08. The van der Waals surface area contributed by atoms with Crippen LogP contribution >= 0.6 is 0 Å². The van der Waals surface area contributed by atoms with Gasteiger partial charge in [-0.05, 0) is 50.7 Å². The molecule has 26 heavy (non-hydrogen) atoms. The van der Waals surface area contributed by atoms with E-state index in [1.807, 2.05) is 40.9 Å². The van der Waals surface area contributed by atoms with Crippen LogP contribution in [-0.4, -0.2) is 20.1 Å². The highest BCUT2D eigenvalue weighted by Gasteiger charge is 2.48. The number of hydrogen-bond donors (Lipinski definition) is 3. The van der Waals surface area contributed by atoms with E-state index in [-0.39, 0.29) is 11.0 Å². The smallest absolute Gasteiger partial charge is 0.177 e. The minimum atomic E-state index is 0.0591. The number of nitrogens with two attached hydrogens (primary N) is 2. The van der Waals surface area contributed by atoms with Crippen LogP contribution in [0.15, 0.2) is 42.6 Å². The summed E-state index contributed by atoms with van der Waals surface area (Å²) in [6.45, 7) is 0. The van der Waals surface area contributed by atoms with Crippen LogP contribution in [0.4, 0.5) is 17.2 Å². The number of imidazole rings is 1. The summed E-state index contributed by atoms with van der Waals surface area (Å²) in [5, 5.41) is 7.88. The van der Waals surface area contributed by atoms with Gasteiger partial charge < -0.3 is 16.8 Å². The van der Waals surface area contributed by atoms with Crippen molar-refractivity contribution in [3.8, 4) is 0 Å². The molecule has 0 amide bonds. The van der Waals surface area contributed by atoms with Gasteiger partial charge in [0, 0.05) is 22.7 Å². The van der Waals surface area contributed by atoms with Crippen LogP contribution in [-0.2, 0) is 5.41 Å². The molecule has 0 atom stereocenters. The second-order valence-corrected chi connectivity index (χ2v) is 8.01. The minimum absolute atomic E-state index is 0.0591. The van der Waals surface area contributed by atoms with Gasteiger partial charge in [0.15, 0.2) is 5.65 Å². The zero-order valence-electron chi connectivity index (χ0n) is 14.8. The highest BCUT2D eigenvalue weighted by molar-refractivity contribution is 5.75. The predicted molar refractivity (Wildman–Crippen MR) is 103 cm³/mol. The molecule has 2 heterocycles. The fourth-order valence-electron chi connectivity index (χ4n) is 4.62. The van der Waals surface area contributed by atoms with Gasteiger partial charge in [0.1, 0.15) is 5.82 Å². The quantitative estimate of drug-likeness (QED) is 0.675. The number of hydrogen-bond acceptors (Lipinski definition) is 5. The lowest BCUT2D eigenvalue weighted by Gasteiger charge is -2.51. The van der Waals surface area contributed by atoms with Gasteiger partial charge in [0.05, 0.1) is 17.6 Å². The van der Waals surface area contributed by atoms with Crippen molar-refractivity contribution in [2.75, 3.05) is 11.1 Å². The summed E-state index contributed by atoms with van der Waals surface area (Å²) in [5.41, 5.74) is 16.6. The molecule has 134 valence electrons. The number of nitrogens with zero attached hydrogens (tertiary/aromatic N) is 3. The first-order chi connectivity index (χ1) is 12.6. The molecule has 6 heteroatoms. The molecule has 3 aromatic rings. The molecule has 0 radical (unpaired) electrons. The van der Waals surface area contributed by atoms with Gasteiger partial charge >= 0.3 is 0 Å². The molecular formula is C20H24N6. The Bertz CT molecular complexity index is 937. The van der Waals surface area contributed by atoms with Crippen LogP contribution < -0.4 is 16.8 Å². The Kier molecular flexibility index (Phi) is 3.28. The van der Waals surface area contributed by atoms with E-state index < -0.39 is 0 Å². The zero-order chi connectivity index (χ0) is 17.8. The van der Waals surface area contributed by atoms with Crippen molar-refractivity contribution in [1.82, 2.24) is 14.6 Å². The number of aromatic nitrogens is 3. The van der Waals surface area contributed by atoms with Crippen LogP contribution in [0.3, 0.4) is 0 Å². The first-order valence-electron chi connectivity index (χ1n) is 9.33.